The first kappa shape index (κ1) is 17.0. The van der Waals surface area contributed by atoms with E-state index >= 15 is 0 Å². The summed E-state index contributed by atoms with van der Waals surface area (Å²) in [4.78, 5) is 2.18. The third kappa shape index (κ3) is 3.36. The van der Waals surface area contributed by atoms with Gasteiger partial charge >= 0.3 is 6.18 Å². The molecule has 1 aliphatic heterocycles. The van der Waals surface area contributed by atoms with Crippen LogP contribution in [0.4, 0.5) is 13.2 Å². The lowest BCUT2D eigenvalue weighted by atomic mass is 9.75. The number of halogens is 3. The number of alkyl halides is 3. The molecule has 1 saturated carbocycles. The molecule has 2 fully saturated rings. The lowest BCUT2D eigenvalue weighted by molar-refractivity contribution is -0.188. The van der Waals surface area contributed by atoms with Crippen molar-refractivity contribution in [1.82, 2.24) is 4.90 Å². The Hall–Kier alpha value is -0.370. The van der Waals surface area contributed by atoms with Crippen molar-refractivity contribution in [3.05, 3.63) is 0 Å². The van der Waals surface area contributed by atoms with Crippen molar-refractivity contribution in [1.29, 1.82) is 0 Å². The maximum Gasteiger partial charge on any atom is 0.391 e. The highest BCUT2D eigenvalue weighted by Crippen LogP contribution is 2.44. The van der Waals surface area contributed by atoms with Gasteiger partial charge in [0.1, 0.15) is 0 Å². The molecule has 0 spiro atoms. The van der Waals surface area contributed by atoms with Crippen LogP contribution in [-0.2, 0) is 9.47 Å². The first-order valence-corrected chi connectivity index (χ1v) is 7.43. The first-order chi connectivity index (χ1) is 9.86. The molecule has 21 heavy (non-hydrogen) atoms. The second-order valence-electron chi connectivity index (χ2n) is 6.20. The maximum atomic E-state index is 12.8. The summed E-state index contributed by atoms with van der Waals surface area (Å²) < 4.78 is 49.3. The Morgan fingerprint density at radius 2 is 1.57 bits per heavy atom. The zero-order valence-electron chi connectivity index (χ0n) is 12.7. The number of likely N-dealkylation sites (tertiary alicyclic amines) is 1. The molecule has 2 rings (SSSR count). The van der Waals surface area contributed by atoms with E-state index in [0.29, 0.717) is 32.5 Å². The van der Waals surface area contributed by atoms with Gasteiger partial charge in [-0.05, 0) is 25.7 Å². The minimum atomic E-state index is -4.09. The van der Waals surface area contributed by atoms with Gasteiger partial charge in [-0.3, -0.25) is 4.90 Å². The van der Waals surface area contributed by atoms with Crippen LogP contribution in [0.5, 0.6) is 0 Å². The topological polar surface area (TPSA) is 47.7 Å². The summed E-state index contributed by atoms with van der Waals surface area (Å²) in [5.74, 6) is -1.18. The average Bonchev–Trinajstić information content (AvgIpc) is 2.90. The normalized spacial score (nSPS) is 38.9. The molecule has 0 amide bonds. The zero-order chi connectivity index (χ0) is 15.7. The highest BCUT2D eigenvalue weighted by atomic mass is 19.4. The first-order valence-electron chi connectivity index (χ1n) is 7.43. The van der Waals surface area contributed by atoms with Gasteiger partial charge in [0.05, 0.1) is 18.1 Å². The molecule has 0 aromatic heterocycles. The molecule has 4 nitrogen and oxygen atoms in total. The molecule has 2 atom stereocenters. The van der Waals surface area contributed by atoms with Crippen molar-refractivity contribution in [2.75, 3.05) is 33.9 Å². The van der Waals surface area contributed by atoms with Crippen molar-refractivity contribution in [2.45, 2.75) is 49.6 Å². The summed E-state index contributed by atoms with van der Waals surface area (Å²) in [5, 5.41) is 0. The maximum absolute atomic E-state index is 12.8. The van der Waals surface area contributed by atoms with Crippen LogP contribution in [-0.4, -0.2) is 62.7 Å². The number of hydrogen-bond acceptors (Lipinski definition) is 4. The van der Waals surface area contributed by atoms with Crippen LogP contribution in [0.2, 0.25) is 0 Å². The van der Waals surface area contributed by atoms with Crippen LogP contribution >= 0.6 is 0 Å². The summed E-state index contributed by atoms with van der Waals surface area (Å²) >= 11 is 0. The number of hydrogen-bond donors (Lipinski definition) is 1. The number of nitrogens with two attached hydrogens (primary N) is 1. The van der Waals surface area contributed by atoms with Crippen molar-refractivity contribution in [3.63, 3.8) is 0 Å². The summed E-state index contributed by atoms with van der Waals surface area (Å²) in [5.41, 5.74) is 5.60. The third-order valence-electron chi connectivity index (χ3n) is 5.25. The molecule has 124 valence electrons. The van der Waals surface area contributed by atoms with Crippen molar-refractivity contribution in [2.24, 2.45) is 11.7 Å². The summed E-state index contributed by atoms with van der Waals surface area (Å²) in [6.45, 7) is 1.72. The minimum absolute atomic E-state index is 0.0428. The fraction of sp³-hybridized carbons (Fsp3) is 1.00. The van der Waals surface area contributed by atoms with Crippen LogP contribution in [0.25, 0.3) is 0 Å². The Balaban J connectivity index is 2.04. The van der Waals surface area contributed by atoms with E-state index in [1.165, 1.54) is 0 Å². The lowest BCUT2D eigenvalue weighted by Crippen LogP contribution is -2.56. The molecule has 7 heteroatoms. The quantitative estimate of drug-likeness (QED) is 0.860. The summed E-state index contributed by atoms with van der Waals surface area (Å²) in [7, 11) is 3.27. The molecular weight excluding hydrogens is 285 g/mol. The number of methoxy groups -OCH3 is 2. The molecule has 0 aromatic carbocycles. The number of ether oxygens (including phenoxy) is 2. The van der Waals surface area contributed by atoms with Crippen molar-refractivity contribution >= 4 is 0 Å². The Morgan fingerprint density at radius 3 is 1.90 bits per heavy atom. The highest BCUT2D eigenvalue weighted by Gasteiger charge is 2.50. The molecule has 1 saturated heterocycles. The van der Waals surface area contributed by atoms with Crippen LogP contribution in [0.15, 0.2) is 0 Å². The second kappa shape index (κ2) is 6.40. The lowest BCUT2D eigenvalue weighted by Gasteiger charge is -2.46. The molecule has 2 aliphatic rings. The van der Waals surface area contributed by atoms with E-state index < -0.39 is 12.1 Å². The Bertz CT molecular complexity index is 332. The van der Waals surface area contributed by atoms with Crippen molar-refractivity contribution < 1.29 is 22.6 Å². The fourth-order valence-corrected chi connectivity index (χ4v) is 3.72. The predicted molar refractivity (Wildman–Crippen MR) is 73.0 cm³/mol. The average molecular weight is 310 g/mol. The van der Waals surface area contributed by atoms with Gasteiger partial charge in [0, 0.05) is 39.4 Å². The Labute approximate surface area is 123 Å². The minimum Gasteiger partial charge on any atom is -0.377 e. The molecule has 1 heterocycles. The van der Waals surface area contributed by atoms with E-state index in [0.717, 1.165) is 0 Å². The fourth-order valence-electron chi connectivity index (χ4n) is 3.72. The smallest absolute Gasteiger partial charge is 0.377 e. The number of nitrogens with zero attached hydrogens (tertiary/aromatic N) is 1. The SMILES string of the molecule is COC1CN(C2(CN)CCC(C(F)(F)F)CC2)CC1OC. The molecule has 0 bridgehead atoms. The summed E-state index contributed by atoms with van der Waals surface area (Å²) in [6.07, 6.45) is -2.88. The Morgan fingerprint density at radius 1 is 1.10 bits per heavy atom. The molecule has 0 aromatic rings. The van der Waals surface area contributed by atoms with E-state index in [1.54, 1.807) is 14.2 Å². The molecule has 1 aliphatic carbocycles. The van der Waals surface area contributed by atoms with Crippen molar-refractivity contribution in [3.8, 4) is 0 Å². The van der Waals surface area contributed by atoms with Gasteiger partial charge in [-0.25, -0.2) is 0 Å². The molecular formula is C14H25F3N2O2. The van der Waals surface area contributed by atoms with Crippen LogP contribution in [0, 0.1) is 5.92 Å². The number of rotatable bonds is 4. The van der Waals surface area contributed by atoms with Gasteiger partial charge in [-0.2, -0.15) is 13.2 Å². The monoisotopic (exact) mass is 310 g/mol. The van der Waals surface area contributed by atoms with E-state index in [2.05, 4.69) is 4.90 Å². The summed E-state index contributed by atoms with van der Waals surface area (Å²) in [6, 6.07) is 0. The third-order valence-corrected chi connectivity index (χ3v) is 5.25. The molecule has 2 unspecified atom stereocenters. The molecule has 0 radical (unpaired) electrons. The van der Waals surface area contributed by atoms with Gasteiger partial charge in [0.2, 0.25) is 0 Å². The van der Waals surface area contributed by atoms with Crippen LogP contribution < -0.4 is 5.73 Å². The van der Waals surface area contributed by atoms with E-state index in [1.807, 2.05) is 0 Å². The van der Waals surface area contributed by atoms with Crippen LogP contribution in [0.3, 0.4) is 0 Å². The van der Waals surface area contributed by atoms with E-state index in [9.17, 15) is 13.2 Å². The molecule has 2 N–H and O–H groups in total. The van der Waals surface area contributed by atoms with E-state index in [-0.39, 0.29) is 30.6 Å². The van der Waals surface area contributed by atoms with E-state index in [4.69, 9.17) is 15.2 Å². The van der Waals surface area contributed by atoms with Crippen LogP contribution in [0.1, 0.15) is 25.7 Å². The largest absolute Gasteiger partial charge is 0.391 e. The van der Waals surface area contributed by atoms with Gasteiger partial charge in [-0.15, -0.1) is 0 Å². The standard InChI is InChI=1S/C14H25F3N2O2/c1-20-11-7-19(8-12(11)21-2)13(9-18)5-3-10(4-6-13)14(15,16)17/h10-12H,3-9,18H2,1-2H3. The second-order valence-corrected chi connectivity index (χ2v) is 6.20. The Kier molecular flexibility index (Phi) is 5.18. The predicted octanol–water partition coefficient (Wildman–Crippen LogP) is 1.78. The van der Waals surface area contributed by atoms with Gasteiger partial charge < -0.3 is 15.2 Å². The highest BCUT2D eigenvalue weighted by molar-refractivity contribution is 5.02. The van der Waals surface area contributed by atoms with Gasteiger partial charge in [0.15, 0.2) is 0 Å². The van der Waals surface area contributed by atoms with Gasteiger partial charge in [0.25, 0.3) is 0 Å². The van der Waals surface area contributed by atoms with Gasteiger partial charge in [-0.1, -0.05) is 0 Å². The zero-order valence-corrected chi connectivity index (χ0v) is 12.7.